The van der Waals surface area contributed by atoms with Gasteiger partial charge < -0.3 is 10.6 Å². The Morgan fingerprint density at radius 1 is 1.27 bits per heavy atom. The van der Waals surface area contributed by atoms with E-state index in [4.69, 9.17) is 23.2 Å². The number of hydrogen-bond donors (Lipinski definition) is 2. The lowest BCUT2D eigenvalue weighted by Crippen LogP contribution is -2.29. The maximum absolute atomic E-state index is 14.1. The molecule has 33 heavy (non-hydrogen) atoms. The Hall–Kier alpha value is -2.13. The molecule has 1 saturated heterocycles. The molecule has 2 N–H and O–H groups in total. The highest BCUT2D eigenvalue weighted by molar-refractivity contribution is 7.99. The predicted octanol–water partition coefficient (Wildman–Crippen LogP) is 6.13. The number of benzene rings is 1. The predicted molar refractivity (Wildman–Crippen MR) is 132 cm³/mol. The molecule has 1 aliphatic heterocycles. The molecule has 2 aromatic heterocycles. The van der Waals surface area contributed by atoms with Gasteiger partial charge in [-0.25, -0.2) is 9.37 Å². The van der Waals surface area contributed by atoms with Gasteiger partial charge in [-0.15, -0.1) is 11.8 Å². The van der Waals surface area contributed by atoms with Gasteiger partial charge in [-0.1, -0.05) is 23.2 Å². The molecule has 0 bridgehead atoms. The Morgan fingerprint density at radius 2 is 2.03 bits per heavy atom. The monoisotopic (exact) mass is 507 g/mol. The third-order valence-electron chi connectivity index (χ3n) is 5.55. The fourth-order valence-electron chi connectivity index (χ4n) is 3.88. The molecule has 1 unspecified atom stereocenters. The second-order valence-corrected chi connectivity index (χ2v) is 10.1. The molecular weight excluding hydrogens is 484 g/mol. The van der Waals surface area contributed by atoms with Crippen LogP contribution in [-0.2, 0) is 4.79 Å². The van der Waals surface area contributed by atoms with Crippen LogP contribution in [0.5, 0.6) is 0 Å². The van der Waals surface area contributed by atoms with E-state index in [-0.39, 0.29) is 16.2 Å². The number of aromatic nitrogens is 3. The number of hydrogen-bond acceptors (Lipinski definition) is 5. The van der Waals surface area contributed by atoms with Gasteiger partial charge >= 0.3 is 0 Å². The molecule has 0 saturated carbocycles. The van der Waals surface area contributed by atoms with Crippen molar-refractivity contribution in [1.29, 1.82) is 0 Å². The van der Waals surface area contributed by atoms with E-state index >= 15 is 0 Å². The summed E-state index contributed by atoms with van der Waals surface area (Å²) >= 11 is 13.9. The van der Waals surface area contributed by atoms with Gasteiger partial charge in [0.05, 0.1) is 22.2 Å². The number of carbonyl (C=O) groups is 1. The number of rotatable bonds is 6. The van der Waals surface area contributed by atoms with Gasteiger partial charge in [0.1, 0.15) is 11.6 Å². The van der Waals surface area contributed by atoms with Crippen LogP contribution in [0.2, 0.25) is 10.0 Å². The third-order valence-corrected chi connectivity index (χ3v) is 7.42. The van der Waals surface area contributed by atoms with E-state index < -0.39 is 5.82 Å². The minimum absolute atomic E-state index is 0.00376. The zero-order valence-electron chi connectivity index (χ0n) is 18.2. The van der Waals surface area contributed by atoms with Gasteiger partial charge in [0.2, 0.25) is 5.91 Å². The van der Waals surface area contributed by atoms with Crippen molar-refractivity contribution in [2.75, 3.05) is 18.4 Å². The number of halogens is 3. The molecule has 3 aromatic rings. The topological polar surface area (TPSA) is 71.8 Å². The molecule has 6 nitrogen and oxygen atoms in total. The highest BCUT2D eigenvalue weighted by Gasteiger charge is 2.21. The summed E-state index contributed by atoms with van der Waals surface area (Å²) in [5.74, 6) is -0.328. The molecule has 1 aliphatic rings. The number of carbonyl (C=O) groups excluding carboxylic acids is 1. The normalized spacial score (nSPS) is 15.4. The van der Waals surface area contributed by atoms with Crippen LogP contribution in [0.25, 0.3) is 11.1 Å². The van der Waals surface area contributed by atoms with Crippen molar-refractivity contribution in [2.24, 2.45) is 0 Å². The van der Waals surface area contributed by atoms with Crippen LogP contribution in [0.1, 0.15) is 43.5 Å². The van der Waals surface area contributed by atoms with Crippen molar-refractivity contribution < 1.29 is 9.18 Å². The van der Waals surface area contributed by atoms with E-state index in [0.717, 1.165) is 42.0 Å². The minimum atomic E-state index is -0.525. The van der Waals surface area contributed by atoms with Crippen LogP contribution in [0, 0.1) is 5.82 Å². The zero-order valence-corrected chi connectivity index (χ0v) is 20.6. The SMILES string of the molecule is CC(=O)Nc1ncc(-c2cnn(C3CCNCC3)c2)cc1SC(C)c1c(Cl)ccc(F)c1Cl. The van der Waals surface area contributed by atoms with Crippen molar-refractivity contribution in [3.8, 4) is 11.1 Å². The summed E-state index contributed by atoms with van der Waals surface area (Å²) in [4.78, 5) is 16.9. The van der Waals surface area contributed by atoms with Crippen molar-refractivity contribution in [3.63, 3.8) is 0 Å². The number of amides is 1. The molecule has 4 rings (SSSR count). The molecule has 1 amide bonds. The Bertz CT molecular complexity index is 1170. The van der Waals surface area contributed by atoms with E-state index in [1.165, 1.54) is 30.8 Å². The lowest BCUT2D eigenvalue weighted by atomic mass is 10.1. The Kier molecular flexibility index (Phi) is 7.58. The summed E-state index contributed by atoms with van der Waals surface area (Å²) < 4.78 is 16.1. The second-order valence-electron chi connectivity index (χ2n) is 7.96. The van der Waals surface area contributed by atoms with Crippen molar-refractivity contribution in [1.82, 2.24) is 20.1 Å². The van der Waals surface area contributed by atoms with E-state index in [1.807, 2.05) is 30.1 Å². The molecule has 3 heterocycles. The van der Waals surface area contributed by atoms with Crippen LogP contribution in [0.15, 0.2) is 41.7 Å². The average Bonchev–Trinajstić information content (AvgIpc) is 3.28. The standard InChI is InChI=1S/C23H24Cl2FN5OS/c1-13(21-18(24)3-4-19(26)22(21)25)33-20-9-15(10-28-23(20)30-14(2)32)16-11-29-31(12-16)17-5-7-27-8-6-17/h3-4,9-13,17,27H,5-8H2,1-2H3,(H,28,30,32). The highest BCUT2D eigenvalue weighted by atomic mass is 35.5. The number of anilines is 1. The van der Waals surface area contributed by atoms with Crippen molar-refractivity contribution in [2.45, 2.75) is 42.9 Å². The number of piperidine rings is 1. The quantitative estimate of drug-likeness (QED) is 0.310. The summed E-state index contributed by atoms with van der Waals surface area (Å²) in [5, 5.41) is 10.8. The average molecular weight is 508 g/mol. The van der Waals surface area contributed by atoms with Gasteiger partial charge in [-0.2, -0.15) is 5.10 Å². The van der Waals surface area contributed by atoms with Gasteiger partial charge in [-0.05, 0) is 51.1 Å². The number of thioether (sulfide) groups is 1. The van der Waals surface area contributed by atoms with Crippen molar-refractivity contribution >= 4 is 46.7 Å². The summed E-state index contributed by atoms with van der Waals surface area (Å²) in [5.41, 5.74) is 2.31. The summed E-state index contributed by atoms with van der Waals surface area (Å²) in [6, 6.07) is 5.06. The van der Waals surface area contributed by atoms with Gasteiger partial charge in [0.15, 0.2) is 0 Å². The summed E-state index contributed by atoms with van der Waals surface area (Å²) in [7, 11) is 0. The van der Waals surface area contributed by atoms with Crippen LogP contribution in [0.4, 0.5) is 10.2 Å². The van der Waals surface area contributed by atoms with Crippen LogP contribution < -0.4 is 10.6 Å². The van der Waals surface area contributed by atoms with Crippen LogP contribution in [0.3, 0.4) is 0 Å². The largest absolute Gasteiger partial charge is 0.317 e. The first-order chi connectivity index (χ1) is 15.8. The fourth-order valence-corrected chi connectivity index (χ4v) is 5.86. The molecule has 10 heteroatoms. The maximum Gasteiger partial charge on any atom is 0.222 e. The lowest BCUT2D eigenvalue weighted by Gasteiger charge is -2.22. The fraction of sp³-hybridized carbons (Fsp3) is 0.348. The molecule has 1 aromatic carbocycles. The second kappa shape index (κ2) is 10.4. The van der Waals surface area contributed by atoms with Gasteiger partial charge in [-0.3, -0.25) is 9.48 Å². The number of nitrogens with one attached hydrogen (secondary N) is 2. The van der Waals surface area contributed by atoms with Gasteiger partial charge in [0, 0.05) is 46.3 Å². The molecule has 174 valence electrons. The highest BCUT2D eigenvalue weighted by Crippen LogP contribution is 2.44. The summed E-state index contributed by atoms with van der Waals surface area (Å²) in [6.45, 7) is 5.28. The molecule has 1 atom stereocenters. The minimum Gasteiger partial charge on any atom is -0.317 e. The first-order valence-electron chi connectivity index (χ1n) is 10.7. The zero-order chi connectivity index (χ0) is 23.5. The Balaban J connectivity index is 1.65. The first kappa shape index (κ1) is 24.0. The van der Waals surface area contributed by atoms with E-state index in [2.05, 4.69) is 20.7 Å². The van der Waals surface area contributed by atoms with Crippen LogP contribution >= 0.6 is 35.0 Å². The Labute approximate surface area is 206 Å². The summed E-state index contributed by atoms with van der Waals surface area (Å²) in [6.07, 6.45) is 7.65. The molecule has 1 fully saturated rings. The molecule has 0 spiro atoms. The van der Waals surface area contributed by atoms with Crippen LogP contribution in [-0.4, -0.2) is 33.8 Å². The first-order valence-corrected chi connectivity index (χ1v) is 12.3. The molecule has 0 aliphatic carbocycles. The number of nitrogens with zero attached hydrogens (tertiary/aromatic N) is 3. The smallest absolute Gasteiger partial charge is 0.222 e. The van der Waals surface area contributed by atoms with E-state index in [9.17, 15) is 9.18 Å². The molecule has 0 radical (unpaired) electrons. The van der Waals surface area contributed by atoms with E-state index in [1.54, 1.807) is 6.20 Å². The maximum atomic E-state index is 14.1. The Morgan fingerprint density at radius 3 is 2.76 bits per heavy atom. The number of pyridine rings is 1. The van der Waals surface area contributed by atoms with E-state index in [0.29, 0.717) is 22.4 Å². The third kappa shape index (κ3) is 5.51. The lowest BCUT2D eigenvalue weighted by molar-refractivity contribution is -0.114. The van der Waals surface area contributed by atoms with Crippen molar-refractivity contribution in [3.05, 3.63) is 58.2 Å². The van der Waals surface area contributed by atoms with Gasteiger partial charge in [0.25, 0.3) is 0 Å². The molecular formula is C23H24Cl2FN5OS.